The second kappa shape index (κ2) is 5.09. The number of rotatable bonds is 5. The molecule has 0 aliphatic heterocycles. The van der Waals surface area contributed by atoms with E-state index in [1.54, 1.807) is 7.11 Å². The van der Waals surface area contributed by atoms with Crippen LogP contribution in [-0.2, 0) is 9.53 Å². The van der Waals surface area contributed by atoms with Gasteiger partial charge in [-0.25, -0.2) is 0 Å². The Kier molecular flexibility index (Phi) is 4.81. The minimum Gasteiger partial charge on any atom is -0.382 e. The molecule has 0 aliphatic rings. The summed E-state index contributed by atoms with van der Waals surface area (Å²) < 4.78 is 4.97. The minimum atomic E-state index is -0.535. The number of amides is 1. The summed E-state index contributed by atoms with van der Waals surface area (Å²) in [5.74, 6) is -0.451. The van der Waals surface area contributed by atoms with E-state index in [1.807, 2.05) is 6.92 Å². The maximum Gasteiger partial charge on any atom is 0.234 e. The fourth-order valence-corrected chi connectivity index (χ4v) is 0.674. The van der Waals surface area contributed by atoms with Gasteiger partial charge < -0.3 is 16.2 Å². The Balaban J connectivity index is 3.45. The molecule has 2 atom stereocenters. The van der Waals surface area contributed by atoms with Gasteiger partial charge in [0, 0.05) is 7.11 Å². The van der Waals surface area contributed by atoms with Gasteiger partial charge in [0.25, 0.3) is 0 Å². The Labute approximate surface area is 66.9 Å². The molecule has 0 bridgehead atoms. The number of hydrogen-bond acceptors (Lipinski definition) is 3. The molecule has 4 N–H and O–H groups in total. The van der Waals surface area contributed by atoms with Crippen molar-refractivity contribution in [2.45, 2.75) is 31.9 Å². The summed E-state index contributed by atoms with van der Waals surface area (Å²) in [5, 5.41) is 0. The van der Waals surface area contributed by atoms with Gasteiger partial charge >= 0.3 is 0 Å². The summed E-state index contributed by atoms with van der Waals surface area (Å²) in [5.41, 5.74) is 10.3. The van der Waals surface area contributed by atoms with Crippen LogP contribution in [0, 0.1) is 0 Å². The normalized spacial score (nSPS) is 15.9. The van der Waals surface area contributed by atoms with Gasteiger partial charge in [0.2, 0.25) is 5.91 Å². The van der Waals surface area contributed by atoms with Crippen LogP contribution in [0.4, 0.5) is 0 Å². The highest BCUT2D eigenvalue weighted by Gasteiger charge is 2.10. The van der Waals surface area contributed by atoms with Crippen LogP contribution in [0.1, 0.15) is 19.8 Å². The summed E-state index contributed by atoms with van der Waals surface area (Å²) in [7, 11) is 1.63. The number of hydrogen-bond donors (Lipinski definition) is 2. The van der Waals surface area contributed by atoms with Crippen molar-refractivity contribution < 1.29 is 9.53 Å². The molecule has 0 saturated carbocycles. The van der Waals surface area contributed by atoms with Gasteiger partial charge in [0.1, 0.15) is 0 Å². The number of carbonyl (C=O) groups excluding carboxylic acids is 1. The fourth-order valence-electron chi connectivity index (χ4n) is 0.674. The van der Waals surface area contributed by atoms with Crippen LogP contribution in [0.15, 0.2) is 0 Å². The molecule has 0 rings (SSSR count). The molecule has 0 aromatic heterocycles. The first-order valence-corrected chi connectivity index (χ1v) is 3.65. The van der Waals surface area contributed by atoms with E-state index >= 15 is 0 Å². The molecule has 0 aromatic carbocycles. The van der Waals surface area contributed by atoms with Crippen molar-refractivity contribution in [1.29, 1.82) is 0 Å². The van der Waals surface area contributed by atoms with Crippen LogP contribution in [-0.4, -0.2) is 25.2 Å². The topological polar surface area (TPSA) is 78.3 Å². The maximum atomic E-state index is 10.5. The van der Waals surface area contributed by atoms with Gasteiger partial charge in [0.05, 0.1) is 12.1 Å². The second-order valence-electron chi connectivity index (χ2n) is 2.63. The molecule has 0 heterocycles. The summed E-state index contributed by atoms with van der Waals surface area (Å²) in [6, 6.07) is -0.535. The number of methoxy groups -OCH3 is 1. The second-order valence-corrected chi connectivity index (χ2v) is 2.63. The minimum absolute atomic E-state index is 0.139. The first kappa shape index (κ1) is 10.4. The van der Waals surface area contributed by atoms with Crippen molar-refractivity contribution >= 4 is 5.91 Å². The van der Waals surface area contributed by atoms with Crippen LogP contribution >= 0.6 is 0 Å². The fraction of sp³-hybridized carbons (Fsp3) is 0.857. The summed E-state index contributed by atoms with van der Waals surface area (Å²) >= 11 is 0. The predicted molar refractivity (Wildman–Crippen MR) is 42.9 cm³/mol. The van der Waals surface area contributed by atoms with Crippen molar-refractivity contribution in [2.24, 2.45) is 11.5 Å². The van der Waals surface area contributed by atoms with E-state index in [0.717, 1.165) is 6.42 Å². The Bertz CT molecular complexity index is 128. The molecule has 66 valence electrons. The zero-order valence-corrected chi connectivity index (χ0v) is 7.04. The molecule has 0 fully saturated rings. The van der Waals surface area contributed by atoms with Crippen LogP contribution < -0.4 is 11.5 Å². The first-order chi connectivity index (χ1) is 5.07. The lowest BCUT2D eigenvalue weighted by atomic mass is 10.1. The van der Waals surface area contributed by atoms with Gasteiger partial charge in [-0.15, -0.1) is 0 Å². The zero-order chi connectivity index (χ0) is 8.85. The lowest BCUT2D eigenvalue weighted by Crippen LogP contribution is -2.36. The standard InChI is InChI=1S/C7H16N2O2/c1-5(11-2)3-4-6(8)7(9)10/h5-6H,3-4,8H2,1-2H3,(H2,9,10). The van der Waals surface area contributed by atoms with Gasteiger partial charge in [-0.3, -0.25) is 4.79 Å². The summed E-state index contributed by atoms with van der Waals surface area (Å²) in [4.78, 5) is 10.5. The lowest BCUT2D eigenvalue weighted by Gasteiger charge is -2.11. The Hall–Kier alpha value is -0.610. The van der Waals surface area contributed by atoms with E-state index in [9.17, 15) is 4.79 Å². The maximum absolute atomic E-state index is 10.5. The smallest absolute Gasteiger partial charge is 0.234 e. The quantitative estimate of drug-likeness (QED) is 0.575. The molecule has 4 heteroatoms. The zero-order valence-electron chi connectivity index (χ0n) is 7.04. The van der Waals surface area contributed by atoms with Crippen LogP contribution in [0.25, 0.3) is 0 Å². The van der Waals surface area contributed by atoms with Crippen molar-refractivity contribution in [1.82, 2.24) is 0 Å². The van der Waals surface area contributed by atoms with Gasteiger partial charge in [-0.05, 0) is 19.8 Å². The molecule has 2 unspecified atom stereocenters. The average molecular weight is 160 g/mol. The summed E-state index contributed by atoms with van der Waals surface area (Å²) in [6.45, 7) is 1.92. The molecule has 4 nitrogen and oxygen atoms in total. The molecule has 11 heavy (non-hydrogen) atoms. The van der Waals surface area contributed by atoms with Gasteiger partial charge in [-0.2, -0.15) is 0 Å². The van der Waals surface area contributed by atoms with E-state index in [1.165, 1.54) is 0 Å². The summed E-state index contributed by atoms with van der Waals surface area (Å²) in [6.07, 6.45) is 1.49. The molecule has 0 spiro atoms. The highest BCUT2D eigenvalue weighted by molar-refractivity contribution is 5.79. The largest absolute Gasteiger partial charge is 0.382 e. The lowest BCUT2D eigenvalue weighted by molar-refractivity contribution is -0.119. The molecular weight excluding hydrogens is 144 g/mol. The van der Waals surface area contributed by atoms with Crippen LogP contribution in [0.3, 0.4) is 0 Å². The highest BCUT2D eigenvalue weighted by Crippen LogP contribution is 2.01. The number of ether oxygens (including phenoxy) is 1. The molecule has 0 aromatic rings. The van der Waals surface area contributed by atoms with Crippen molar-refractivity contribution in [2.75, 3.05) is 7.11 Å². The van der Waals surface area contributed by atoms with Gasteiger partial charge in [0.15, 0.2) is 0 Å². The Morgan fingerprint density at radius 2 is 2.09 bits per heavy atom. The Morgan fingerprint density at radius 3 is 2.45 bits per heavy atom. The number of carbonyl (C=O) groups is 1. The average Bonchev–Trinajstić information content (AvgIpc) is 1.99. The number of primary amides is 1. The Morgan fingerprint density at radius 1 is 1.55 bits per heavy atom. The van der Waals surface area contributed by atoms with Crippen molar-refractivity contribution in [3.63, 3.8) is 0 Å². The predicted octanol–water partition coefficient (Wildman–Crippen LogP) is -0.386. The van der Waals surface area contributed by atoms with E-state index in [-0.39, 0.29) is 6.10 Å². The third-order valence-corrected chi connectivity index (χ3v) is 1.65. The number of nitrogens with two attached hydrogens (primary N) is 2. The first-order valence-electron chi connectivity index (χ1n) is 3.65. The van der Waals surface area contributed by atoms with E-state index in [4.69, 9.17) is 16.2 Å². The van der Waals surface area contributed by atoms with Crippen molar-refractivity contribution in [3.8, 4) is 0 Å². The third-order valence-electron chi connectivity index (χ3n) is 1.65. The van der Waals surface area contributed by atoms with Crippen molar-refractivity contribution in [3.05, 3.63) is 0 Å². The molecule has 0 radical (unpaired) electrons. The van der Waals surface area contributed by atoms with Crippen LogP contribution in [0.5, 0.6) is 0 Å². The van der Waals surface area contributed by atoms with E-state index < -0.39 is 11.9 Å². The molecule has 1 amide bonds. The van der Waals surface area contributed by atoms with Crippen LogP contribution in [0.2, 0.25) is 0 Å². The molecule has 0 saturated heterocycles. The molecular formula is C7H16N2O2. The molecule has 0 aliphatic carbocycles. The monoisotopic (exact) mass is 160 g/mol. The van der Waals surface area contributed by atoms with Gasteiger partial charge in [-0.1, -0.05) is 0 Å². The third kappa shape index (κ3) is 4.75. The van der Waals surface area contributed by atoms with E-state index in [0.29, 0.717) is 6.42 Å². The highest BCUT2D eigenvalue weighted by atomic mass is 16.5. The van der Waals surface area contributed by atoms with E-state index in [2.05, 4.69) is 0 Å². The SMILES string of the molecule is COC(C)CCC(N)C(N)=O.